The van der Waals surface area contributed by atoms with E-state index in [1.807, 2.05) is 0 Å². The van der Waals surface area contributed by atoms with Crippen molar-refractivity contribution in [3.05, 3.63) is 42.3 Å². The molecular formula is C16H15FN4O4S. The summed E-state index contributed by atoms with van der Waals surface area (Å²) in [4.78, 5) is 15.8. The predicted molar refractivity (Wildman–Crippen MR) is 93.3 cm³/mol. The van der Waals surface area contributed by atoms with E-state index in [1.54, 1.807) is 24.4 Å². The van der Waals surface area contributed by atoms with E-state index in [0.717, 1.165) is 6.26 Å². The molecule has 8 nitrogen and oxygen atoms in total. The molecule has 136 valence electrons. The second-order valence-corrected chi connectivity index (χ2v) is 7.79. The Morgan fingerprint density at radius 2 is 2.04 bits per heavy atom. The standard InChI is InChI=1S/C16H15FN4O4S/c1-25-13-6-11(5-12(17)7-13)10-3-4-14-18-16(20-21(14)8-10)19-15(22)9-26(2,23)24/h3-8H,9H2,1-2H3,(H,19,20,22). The van der Waals surface area contributed by atoms with Crippen molar-refractivity contribution < 1.29 is 22.3 Å². The van der Waals surface area contributed by atoms with E-state index in [0.29, 0.717) is 22.5 Å². The van der Waals surface area contributed by atoms with Crippen LogP contribution in [-0.4, -0.2) is 48.0 Å². The van der Waals surface area contributed by atoms with Crippen molar-refractivity contribution in [1.82, 2.24) is 14.6 Å². The van der Waals surface area contributed by atoms with Crippen molar-refractivity contribution in [2.45, 2.75) is 0 Å². The van der Waals surface area contributed by atoms with Crippen LogP contribution in [0.15, 0.2) is 36.5 Å². The number of carbonyl (C=O) groups is 1. The largest absolute Gasteiger partial charge is 0.497 e. The molecule has 0 saturated carbocycles. The molecule has 2 heterocycles. The summed E-state index contributed by atoms with van der Waals surface area (Å²) >= 11 is 0. The molecule has 26 heavy (non-hydrogen) atoms. The second kappa shape index (κ2) is 6.71. The van der Waals surface area contributed by atoms with Crippen LogP contribution in [0.2, 0.25) is 0 Å². The fraction of sp³-hybridized carbons (Fsp3) is 0.188. The van der Waals surface area contributed by atoms with E-state index in [2.05, 4.69) is 15.4 Å². The number of hydrogen-bond donors (Lipinski definition) is 1. The number of aromatic nitrogens is 3. The normalized spacial score (nSPS) is 11.5. The molecule has 0 radical (unpaired) electrons. The molecule has 0 aliphatic carbocycles. The topological polar surface area (TPSA) is 103 Å². The Kier molecular flexibility index (Phi) is 4.60. The molecule has 0 atom stereocenters. The maximum absolute atomic E-state index is 13.7. The van der Waals surface area contributed by atoms with E-state index >= 15 is 0 Å². The lowest BCUT2D eigenvalue weighted by atomic mass is 10.1. The zero-order valence-electron chi connectivity index (χ0n) is 13.9. The van der Waals surface area contributed by atoms with Gasteiger partial charge in [0.05, 0.1) is 7.11 Å². The van der Waals surface area contributed by atoms with Crippen molar-refractivity contribution in [2.24, 2.45) is 0 Å². The molecule has 3 rings (SSSR count). The summed E-state index contributed by atoms with van der Waals surface area (Å²) in [6, 6.07) is 7.67. The molecule has 0 bridgehead atoms. The number of carbonyl (C=O) groups excluding carboxylic acids is 1. The first-order valence-corrected chi connectivity index (χ1v) is 9.48. The maximum Gasteiger partial charge on any atom is 0.249 e. The molecular weight excluding hydrogens is 363 g/mol. The van der Waals surface area contributed by atoms with Crippen LogP contribution in [0.25, 0.3) is 16.8 Å². The summed E-state index contributed by atoms with van der Waals surface area (Å²) < 4.78 is 42.4. The molecule has 0 saturated heterocycles. The first kappa shape index (κ1) is 17.8. The Balaban J connectivity index is 1.90. The number of amides is 1. The molecule has 0 spiro atoms. The van der Waals surface area contributed by atoms with Crippen LogP contribution in [0.5, 0.6) is 5.75 Å². The van der Waals surface area contributed by atoms with Gasteiger partial charge in [-0.05, 0) is 29.8 Å². The smallest absolute Gasteiger partial charge is 0.249 e. The molecule has 1 N–H and O–H groups in total. The number of anilines is 1. The average Bonchev–Trinajstić information content (AvgIpc) is 2.93. The number of sulfone groups is 1. The molecule has 10 heteroatoms. The van der Waals surface area contributed by atoms with Crippen LogP contribution in [-0.2, 0) is 14.6 Å². The molecule has 0 unspecified atom stereocenters. The van der Waals surface area contributed by atoms with Gasteiger partial charge in [0.25, 0.3) is 0 Å². The lowest BCUT2D eigenvalue weighted by Crippen LogP contribution is -2.22. The summed E-state index contributed by atoms with van der Waals surface area (Å²) in [6.45, 7) is 0. The van der Waals surface area contributed by atoms with Crippen LogP contribution in [0.4, 0.5) is 10.3 Å². The number of nitrogens with one attached hydrogen (secondary N) is 1. The predicted octanol–water partition coefficient (Wildman–Crippen LogP) is 1.53. The number of fused-ring (bicyclic) bond motifs is 1. The van der Waals surface area contributed by atoms with Gasteiger partial charge in [-0.15, -0.1) is 5.10 Å². The van der Waals surface area contributed by atoms with E-state index in [9.17, 15) is 17.6 Å². The highest BCUT2D eigenvalue weighted by Gasteiger charge is 2.14. The van der Waals surface area contributed by atoms with Crippen molar-refractivity contribution >= 4 is 27.3 Å². The van der Waals surface area contributed by atoms with Crippen molar-refractivity contribution in [3.8, 4) is 16.9 Å². The van der Waals surface area contributed by atoms with Crippen molar-refractivity contribution in [1.29, 1.82) is 0 Å². The van der Waals surface area contributed by atoms with Gasteiger partial charge in [-0.1, -0.05) is 0 Å². The summed E-state index contributed by atoms with van der Waals surface area (Å²) in [5, 5.41) is 6.42. The van der Waals surface area contributed by atoms with Crippen LogP contribution in [0.1, 0.15) is 0 Å². The third-order valence-electron chi connectivity index (χ3n) is 3.42. The molecule has 1 amide bonds. The second-order valence-electron chi connectivity index (χ2n) is 5.65. The fourth-order valence-corrected chi connectivity index (χ4v) is 2.90. The third-order valence-corrected chi connectivity index (χ3v) is 4.20. The van der Waals surface area contributed by atoms with Crippen LogP contribution in [0, 0.1) is 5.82 Å². The summed E-state index contributed by atoms with van der Waals surface area (Å²) in [5.41, 5.74) is 1.68. The van der Waals surface area contributed by atoms with Gasteiger partial charge in [-0.2, -0.15) is 4.98 Å². The Bertz CT molecular complexity index is 1090. The SMILES string of the molecule is COc1cc(F)cc(-c2ccc3nc(NC(=O)CS(C)(=O)=O)nn3c2)c1. The lowest BCUT2D eigenvalue weighted by molar-refractivity contribution is -0.113. The highest BCUT2D eigenvalue weighted by molar-refractivity contribution is 7.91. The van der Waals surface area contributed by atoms with Gasteiger partial charge in [0.15, 0.2) is 15.5 Å². The van der Waals surface area contributed by atoms with E-state index in [1.165, 1.54) is 23.8 Å². The van der Waals surface area contributed by atoms with Crippen LogP contribution < -0.4 is 10.1 Å². The molecule has 0 aliphatic rings. The van der Waals surface area contributed by atoms with E-state index in [4.69, 9.17) is 4.74 Å². The Hall–Kier alpha value is -3.01. The van der Waals surface area contributed by atoms with Crippen molar-refractivity contribution in [3.63, 3.8) is 0 Å². The summed E-state index contributed by atoms with van der Waals surface area (Å²) in [5.74, 6) is -1.46. The number of hydrogen-bond acceptors (Lipinski definition) is 6. The molecule has 2 aromatic heterocycles. The minimum atomic E-state index is -3.45. The Labute approximate surface area is 148 Å². The van der Waals surface area contributed by atoms with Gasteiger partial charge < -0.3 is 4.74 Å². The first-order valence-electron chi connectivity index (χ1n) is 7.42. The maximum atomic E-state index is 13.7. The fourth-order valence-electron chi connectivity index (χ4n) is 2.35. The lowest BCUT2D eigenvalue weighted by Gasteiger charge is -2.05. The first-order chi connectivity index (χ1) is 12.2. The quantitative estimate of drug-likeness (QED) is 0.722. The zero-order valence-corrected chi connectivity index (χ0v) is 14.7. The third kappa shape index (κ3) is 4.14. The molecule has 0 fully saturated rings. The van der Waals surface area contributed by atoms with Gasteiger partial charge in [0, 0.05) is 24.1 Å². The Morgan fingerprint density at radius 1 is 1.27 bits per heavy atom. The highest BCUT2D eigenvalue weighted by atomic mass is 32.2. The highest BCUT2D eigenvalue weighted by Crippen LogP contribution is 2.25. The summed E-state index contributed by atoms with van der Waals surface area (Å²) in [7, 11) is -2.00. The minimum Gasteiger partial charge on any atom is -0.497 e. The van der Waals surface area contributed by atoms with Gasteiger partial charge in [0.2, 0.25) is 11.9 Å². The van der Waals surface area contributed by atoms with Crippen LogP contribution in [0.3, 0.4) is 0 Å². The van der Waals surface area contributed by atoms with Gasteiger partial charge >= 0.3 is 0 Å². The van der Waals surface area contributed by atoms with E-state index in [-0.39, 0.29) is 5.95 Å². The Morgan fingerprint density at radius 3 is 2.73 bits per heavy atom. The minimum absolute atomic E-state index is 0.0207. The number of pyridine rings is 1. The summed E-state index contributed by atoms with van der Waals surface area (Å²) in [6.07, 6.45) is 2.58. The zero-order chi connectivity index (χ0) is 18.9. The number of benzene rings is 1. The number of halogens is 1. The van der Waals surface area contributed by atoms with Crippen LogP contribution >= 0.6 is 0 Å². The van der Waals surface area contributed by atoms with Gasteiger partial charge in [0.1, 0.15) is 17.3 Å². The average molecular weight is 378 g/mol. The molecule has 1 aromatic carbocycles. The molecule has 3 aromatic rings. The van der Waals surface area contributed by atoms with Gasteiger partial charge in [-0.25, -0.2) is 17.3 Å². The number of methoxy groups -OCH3 is 1. The number of nitrogens with zero attached hydrogens (tertiary/aromatic N) is 3. The number of ether oxygens (including phenoxy) is 1. The number of rotatable bonds is 5. The van der Waals surface area contributed by atoms with E-state index < -0.39 is 27.3 Å². The van der Waals surface area contributed by atoms with Crippen molar-refractivity contribution in [2.75, 3.05) is 24.4 Å². The monoisotopic (exact) mass is 378 g/mol. The molecule has 0 aliphatic heterocycles. The van der Waals surface area contributed by atoms with Gasteiger partial charge in [-0.3, -0.25) is 10.1 Å².